The lowest BCUT2D eigenvalue weighted by Crippen LogP contribution is -2.43. The average Bonchev–Trinajstić information content (AvgIpc) is 3.01. The summed E-state index contributed by atoms with van der Waals surface area (Å²) >= 11 is 0. The predicted molar refractivity (Wildman–Crippen MR) is 82.1 cm³/mol. The van der Waals surface area contributed by atoms with E-state index in [1.165, 1.54) is 7.05 Å². The summed E-state index contributed by atoms with van der Waals surface area (Å²) in [5.74, 6) is -2.33. The van der Waals surface area contributed by atoms with Gasteiger partial charge in [0.15, 0.2) is 0 Å². The zero-order valence-corrected chi connectivity index (χ0v) is 13.4. The van der Waals surface area contributed by atoms with E-state index in [0.29, 0.717) is 0 Å². The first-order valence-electron chi connectivity index (χ1n) is 7.74. The van der Waals surface area contributed by atoms with Gasteiger partial charge in [-0.3, -0.25) is 24.6 Å². The number of carbonyl (C=O) groups is 3. The van der Waals surface area contributed by atoms with Gasteiger partial charge in [-0.15, -0.1) is 0 Å². The second kappa shape index (κ2) is 5.77. The first-order valence-corrected chi connectivity index (χ1v) is 7.74. The van der Waals surface area contributed by atoms with E-state index < -0.39 is 23.8 Å². The summed E-state index contributed by atoms with van der Waals surface area (Å²) in [4.78, 5) is 38.4. The smallest absolute Gasteiger partial charge is 0.324 e. The third-order valence-corrected chi connectivity index (χ3v) is 4.46. The van der Waals surface area contributed by atoms with Crippen molar-refractivity contribution in [2.24, 2.45) is 11.8 Å². The summed E-state index contributed by atoms with van der Waals surface area (Å²) in [5, 5.41) is 3.15. The Morgan fingerprint density at radius 3 is 2.35 bits per heavy atom. The molecule has 4 unspecified atom stereocenters. The number of nitrogens with one attached hydrogen (secondary N) is 1. The standard InChI is InChI=1S/C17H20N2O4/c1-9(2)23-17(22)14-12-11(15(20)19(3)16(12)21)13(18-14)10-7-5-4-6-8-10/h4-9,11-14,18H,1-3H3. The summed E-state index contributed by atoms with van der Waals surface area (Å²) in [5.41, 5.74) is 0.888. The minimum absolute atomic E-state index is 0.249. The fourth-order valence-electron chi connectivity index (χ4n) is 3.45. The zero-order valence-electron chi connectivity index (χ0n) is 13.4. The number of ether oxygens (including phenoxy) is 1. The van der Waals surface area contributed by atoms with E-state index >= 15 is 0 Å². The number of hydrogen-bond acceptors (Lipinski definition) is 5. The van der Waals surface area contributed by atoms with Gasteiger partial charge in [-0.2, -0.15) is 0 Å². The van der Waals surface area contributed by atoms with Crippen LogP contribution in [0.25, 0.3) is 0 Å². The molecule has 0 aromatic heterocycles. The van der Waals surface area contributed by atoms with Gasteiger partial charge in [0.05, 0.1) is 17.9 Å². The molecule has 4 atom stereocenters. The molecule has 2 amide bonds. The lowest BCUT2D eigenvalue weighted by atomic mass is 9.86. The van der Waals surface area contributed by atoms with E-state index in [-0.39, 0.29) is 24.0 Å². The van der Waals surface area contributed by atoms with E-state index in [4.69, 9.17) is 4.74 Å². The molecule has 3 rings (SSSR count). The maximum atomic E-state index is 12.5. The van der Waals surface area contributed by atoms with E-state index in [1.54, 1.807) is 13.8 Å². The maximum absolute atomic E-state index is 12.5. The normalized spacial score (nSPS) is 30.0. The Bertz CT molecular complexity index is 643. The quantitative estimate of drug-likeness (QED) is 0.662. The van der Waals surface area contributed by atoms with Gasteiger partial charge < -0.3 is 4.74 Å². The molecular weight excluding hydrogens is 296 g/mol. The third-order valence-electron chi connectivity index (χ3n) is 4.46. The number of fused-ring (bicyclic) bond motifs is 1. The fourth-order valence-corrected chi connectivity index (χ4v) is 3.45. The van der Waals surface area contributed by atoms with Crippen molar-refractivity contribution in [3.8, 4) is 0 Å². The molecule has 1 aromatic carbocycles. The molecule has 1 aromatic rings. The largest absolute Gasteiger partial charge is 0.462 e. The summed E-state index contributed by atoms with van der Waals surface area (Å²) in [6.07, 6.45) is -0.275. The van der Waals surface area contributed by atoms with E-state index in [9.17, 15) is 14.4 Å². The van der Waals surface area contributed by atoms with Crippen molar-refractivity contribution in [1.82, 2.24) is 10.2 Å². The molecule has 0 saturated carbocycles. The summed E-state index contributed by atoms with van der Waals surface area (Å²) < 4.78 is 5.26. The van der Waals surface area contributed by atoms with Crippen LogP contribution in [0.2, 0.25) is 0 Å². The summed E-state index contributed by atoms with van der Waals surface area (Å²) in [6, 6.07) is 8.24. The minimum Gasteiger partial charge on any atom is -0.462 e. The van der Waals surface area contributed by atoms with Gasteiger partial charge in [-0.1, -0.05) is 30.3 Å². The number of nitrogens with zero attached hydrogens (tertiary/aromatic N) is 1. The SMILES string of the molecule is CC(C)OC(=O)C1NC(c2ccccc2)C2C(=O)N(C)C(=O)C12. The molecule has 122 valence electrons. The number of esters is 1. The third kappa shape index (κ3) is 2.53. The molecule has 0 radical (unpaired) electrons. The highest BCUT2D eigenvalue weighted by molar-refractivity contribution is 6.08. The Kier molecular flexibility index (Phi) is 3.93. The van der Waals surface area contributed by atoms with E-state index in [1.807, 2.05) is 30.3 Å². The second-order valence-electron chi connectivity index (χ2n) is 6.31. The van der Waals surface area contributed by atoms with Crippen LogP contribution in [0.4, 0.5) is 0 Å². The van der Waals surface area contributed by atoms with Crippen LogP contribution < -0.4 is 5.32 Å². The number of carbonyl (C=O) groups excluding carboxylic acids is 3. The van der Waals surface area contributed by atoms with Crippen molar-refractivity contribution in [3.63, 3.8) is 0 Å². The van der Waals surface area contributed by atoms with Gasteiger partial charge in [-0.05, 0) is 19.4 Å². The summed E-state index contributed by atoms with van der Waals surface area (Å²) in [6.45, 7) is 3.51. The van der Waals surface area contributed by atoms with Crippen LogP contribution in [0.15, 0.2) is 30.3 Å². The highest BCUT2D eigenvalue weighted by atomic mass is 16.5. The van der Waals surface area contributed by atoms with Crippen molar-refractivity contribution in [3.05, 3.63) is 35.9 Å². The molecule has 23 heavy (non-hydrogen) atoms. The Hall–Kier alpha value is -2.21. The molecular formula is C17H20N2O4. The first-order chi connectivity index (χ1) is 10.9. The lowest BCUT2D eigenvalue weighted by molar-refractivity contribution is -0.153. The second-order valence-corrected chi connectivity index (χ2v) is 6.31. The number of likely N-dealkylation sites (tertiary alicyclic amines) is 1. The molecule has 0 bridgehead atoms. The Morgan fingerprint density at radius 2 is 1.74 bits per heavy atom. The molecule has 1 N–H and O–H groups in total. The van der Waals surface area contributed by atoms with Gasteiger partial charge in [0, 0.05) is 13.1 Å². The van der Waals surface area contributed by atoms with E-state index in [0.717, 1.165) is 10.5 Å². The van der Waals surface area contributed by atoms with Crippen LogP contribution in [0, 0.1) is 11.8 Å². The minimum atomic E-state index is -0.797. The van der Waals surface area contributed by atoms with Crippen LogP contribution >= 0.6 is 0 Å². The molecule has 0 aliphatic carbocycles. The van der Waals surface area contributed by atoms with Crippen molar-refractivity contribution in [2.45, 2.75) is 32.0 Å². The molecule has 2 aliphatic rings. The topological polar surface area (TPSA) is 75.7 Å². The van der Waals surface area contributed by atoms with Gasteiger partial charge >= 0.3 is 5.97 Å². The first kappa shape index (κ1) is 15.7. The monoisotopic (exact) mass is 316 g/mol. The average molecular weight is 316 g/mol. The molecule has 2 fully saturated rings. The predicted octanol–water partition coefficient (Wildman–Crippen LogP) is 0.882. The molecule has 0 spiro atoms. The number of hydrogen-bond donors (Lipinski definition) is 1. The van der Waals surface area contributed by atoms with Gasteiger partial charge in [0.2, 0.25) is 11.8 Å². The highest BCUT2D eigenvalue weighted by Gasteiger charge is 2.60. The van der Waals surface area contributed by atoms with Crippen LogP contribution in [-0.2, 0) is 19.1 Å². The Labute approximate surface area is 134 Å². The molecule has 2 aliphatic heterocycles. The van der Waals surface area contributed by atoms with Gasteiger partial charge in [0.1, 0.15) is 6.04 Å². The number of benzene rings is 1. The van der Waals surface area contributed by atoms with Crippen molar-refractivity contribution in [1.29, 1.82) is 0 Å². The zero-order chi connectivity index (χ0) is 16.7. The van der Waals surface area contributed by atoms with Crippen molar-refractivity contribution in [2.75, 3.05) is 7.05 Å². The van der Waals surface area contributed by atoms with Crippen molar-refractivity contribution >= 4 is 17.8 Å². The van der Waals surface area contributed by atoms with Crippen LogP contribution in [0.1, 0.15) is 25.5 Å². The number of imide groups is 1. The molecule has 2 heterocycles. The number of rotatable bonds is 3. The lowest BCUT2D eigenvalue weighted by Gasteiger charge is -2.20. The highest BCUT2D eigenvalue weighted by Crippen LogP contribution is 2.43. The number of amides is 2. The Balaban J connectivity index is 1.97. The maximum Gasteiger partial charge on any atom is 0.324 e. The summed E-state index contributed by atoms with van der Waals surface area (Å²) in [7, 11) is 1.47. The molecule has 6 heteroatoms. The van der Waals surface area contributed by atoms with Gasteiger partial charge in [0.25, 0.3) is 0 Å². The Morgan fingerprint density at radius 1 is 1.13 bits per heavy atom. The molecule has 2 saturated heterocycles. The van der Waals surface area contributed by atoms with E-state index in [2.05, 4.69) is 5.32 Å². The fraction of sp³-hybridized carbons (Fsp3) is 0.471. The van der Waals surface area contributed by atoms with Crippen LogP contribution in [-0.4, -0.2) is 41.9 Å². The van der Waals surface area contributed by atoms with Gasteiger partial charge in [-0.25, -0.2) is 0 Å². The van der Waals surface area contributed by atoms with Crippen LogP contribution in [0.3, 0.4) is 0 Å². The van der Waals surface area contributed by atoms with Crippen molar-refractivity contribution < 1.29 is 19.1 Å². The molecule has 6 nitrogen and oxygen atoms in total. The van der Waals surface area contributed by atoms with Crippen LogP contribution in [0.5, 0.6) is 0 Å².